The Balaban J connectivity index is 3.28. The Kier molecular flexibility index (Phi) is 6.67. The van der Waals surface area contributed by atoms with E-state index in [2.05, 4.69) is 0 Å². The van der Waals surface area contributed by atoms with Crippen LogP contribution in [0.3, 0.4) is 0 Å². The van der Waals surface area contributed by atoms with Crippen LogP contribution in [0.5, 0.6) is 0 Å². The number of carbonyl (C=O) groups is 4. The van der Waals surface area contributed by atoms with E-state index in [1.54, 1.807) is 0 Å². The fraction of sp³-hybridized carbons (Fsp3) is 0.714. The largest absolute Gasteiger partial charge is 0.456 e. The molecule has 0 heterocycles. The highest BCUT2D eigenvalue weighted by atomic mass is 16.6. The molecule has 136 valence electrons. The van der Waals surface area contributed by atoms with Crippen LogP contribution in [0.2, 0.25) is 0 Å². The third-order valence-electron chi connectivity index (χ3n) is 3.20. The molecule has 24 heavy (non-hydrogen) atoms. The van der Waals surface area contributed by atoms with Gasteiger partial charge >= 0.3 is 23.9 Å². The summed E-state index contributed by atoms with van der Waals surface area (Å²) in [5, 5.41) is 20.3. The molecule has 0 aromatic rings. The molecule has 10 heteroatoms. The van der Waals surface area contributed by atoms with Crippen LogP contribution in [0, 0.1) is 0 Å². The SMILES string of the molecule is CC(=O)OC1C(O)C(O)[C@@H](OC(C)=O)C(OC(C)=O)C1OC(C)=O. The molecule has 0 amide bonds. The van der Waals surface area contributed by atoms with Crippen molar-refractivity contribution in [3.8, 4) is 0 Å². The molecule has 1 aliphatic rings. The Morgan fingerprint density at radius 1 is 0.542 bits per heavy atom. The van der Waals surface area contributed by atoms with Gasteiger partial charge in [0.15, 0.2) is 24.4 Å². The molecule has 2 N–H and O–H groups in total. The van der Waals surface area contributed by atoms with Gasteiger partial charge in [-0.3, -0.25) is 19.2 Å². The Hall–Kier alpha value is -2.20. The Morgan fingerprint density at radius 3 is 0.958 bits per heavy atom. The number of rotatable bonds is 4. The number of hydrogen-bond acceptors (Lipinski definition) is 10. The second kappa shape index (κ2) is 8.06. The Bertz CT molecular complexity index is 470. The van der Waals surface area contributed by atoms with Gasteiger partial charge in [-0.2, -0.15) is 0 Å². The van der Waals surface area contributed by atoms with E-state index >= 15 is 0 Å². The monoisotopic (exact) mass is 348 g/mol. The van der Waals surface area contributed by atoms with Crippen molar-refractivity contribution in [1.29, 1.82) is 0 Å². The van der Waals surface area contributed by atoms with Gasteiger partial charge < -0.3 is 29.2 Å². The van der Waals surface area contributed by atoms with Crippen LogP contribution >= 0.6 is 0 Å². The van der Waals surface area contributed by atoms with Gasteiger partial charge in [0.25, 0.3) is 0 Å². The second-order valence-electron chi connectivity index (χ2n) is 5.28. The highest BCUT2D eigenvalue weighted by Gasteiger charge is 2.56. The van der Waals surface area contributed by atoms with Crippen LogP contribution in [0.15, 0.2) is 0 Å². The lowest BCUT2D eigenvalue weighted by Crippen LogP contribution is -2.67. The van der Waals surface area contributed by atoms with E-state index in [9.17, 15) is 29.4 Å². The molecule has 1 rings (SSSR count). The first-order valence-corrected chi connectivity index (χ1v) is 7.09. The molecule has 10 nitrogen and oxygen atoms in total. The van der Waals surface area contributed by atoms with Gasteiger partial charge in [-0.1, -0.05) is 0 Å². The molecule has 1 fully saturated rings. The van der Waals surface area contributed by atoms with Crippen molar-refractivity contribution in [3.05, 3.63) is 0 Å². The van der Waals surface area contributed by atoms with Crippen LogP contribution in [0.1, 0.15) is 27.7 Å². The summed E-state index contributed by atoms with van der Waals surface area (Å²) in [4.78, 5) is 45.1. The first-order valence-electron chi connectivity index (χ1n) is 7.09. The zero-order chi connectivity index (χ0) is 18.6. The molecule has 1 aliphatic carbocycles. The fourth-order valence-electron chi connectivity index (χ4n) is 2.46. The number of hydrogen-bond donors (Lipinski definition) is 2. The minimum absolute atomic E-state index is 0.820. The molecule has 0 radical (unpaired) electrons. The van der Waals surface area contributed by atoms with Crippen molar-refractivity contribution < 1.29 is 48.3 Å². The molecule has 0 aromatic carbocycles. The summed E-state index contributed by atoms with van der Waals surface area (Å²) in [5.41, 5.74) is 0. The highest BCUT2D eigenvalue weighted by Crippen LogP contribution is 2.30. The number of ether oxygens (including phenoxy) is 4. The van der Waals surface area contributed by atoms with Gasteiger partial charge in [0.2, 0.25) is 0 Å². The predicted octanol–water partition coefficient (Wildman–Crippen LogP) is -1.55. The molecule has 0 aromatic heterocycles. The quantitative estimate of drug-likeness (QED) is 0.452. The topological polar surface area (TPSA) is 146 Å². The van der Waals surface area contributed by atoms with Crippen LogP contribution in [-0.4, -0.2) is 70.7 Å². The van der Waals surface area contributed by atoms with Crippen molar-refractivity contribution in [3.63, 3.8) is 0 Å². The molecular weight excluding hydrogens is 328 g/mol. The molecule has 0 saturated heterocycles. The molecule has 6 atom stereocenters. The number of esters is 4. The molecular formula is C14H20O10. The fourth-order valence-corrected chi connectivity index (χ4v) is 2.46. The van der Waals surface area contributed by atoms with Gasteiger partial charge in [-0.15, -0.1) is 0 Å². The smallest absolute Gasteiger partial charge is 0.303 e. The Morgan fingerprint density at radius 2 is 0.750 bits per heavy atom. The summed E-state index contributed by atoms with van der Waals surface area (Å²) in [6, 6.07) is 0. The standard InChI is InChI=1S/C14H20O10/c1-5(15)21-11-9(19)10(20)12(22-6(2)16)14(24-8(4)18)13(11)23-7(3)17/h9-14,19-20H,1-4H3/t9?,10?,11-,12?,13?,14?/m1/s1. The summed E-state index contributed by atoms with van der Waals surface area (Å²) >= 11 is 0. The average Bonchev–Trinajstić information content (AvgIpc) is 2.42. The van der Waals surface area contributed by atoms with E-state index in [1.807, 2.05) is 0 Å². The van der Waals surface area contributed by atoms with Crippen molar-refractivity contribution in [2.24, 2.45) is 0 Å². The zero-order valence-electron chi connectivity index (χ0n) is 13.6. The van der Waals surface area contributed by atoms with Gasteiger partial charge in [-0.25, -0.2) is 0 Å². The van der Waals surface area contributed by atoms with E-state index in [-0.39, 0.29) is 0 Å². The van der Waals surface area contributed by atoms with Gasteiger partial charge in [0, 0.05) is 27.7 Å². The minimum atomic E-state index is -1.74. The maximum absolute atomic E-state index is 11.3. The van der Waals surface area contributed by atoms with Crippen LogP contribution < -0.4 is 0 Å². The second-order valence-corrected chi connectivity index (χ2v) is 5.28. The summed E-state index contributed by atoms with van der Waals surface area (Å²) in [6.45, 7) is 4.19. The molecule has 0 spiro atoms. The zero-order valence-corrected chi connectivity index (χ0v) is 13.6. The summed E-state index contributed by atoms with van der Waals surface area (Å²) in [5.74, 6) is -3.29. The van der Waals surface area contributed by atoms with Gasteiger partial charge in [0.1, 0.15) is 12.2 Å². The first kappa shape index (κ1) is 19.8. The number of carbonyl (C=O) groups excluding carboxylic acids is 4. The molecule has 0 bridgehead atoms. The lowest BCUT2D eigenvalue weighted by Gasteiger charge is -2.44. The minimum Gasteiger partial charge on any atom is -0.456 e. The van der Waals surface area contributed by atoms with Crippen molar-refractivity contribution in [1.82, 2.24) is 0 Å². The third kappa shape index (κ3) is 4.90. The molecule has 0 aliphatic heterocycles. The van der Waals surface area contributed by atoms with E-state index in [1.165, 1.54) is 0 Å². The predicted molar refractivity (Wildman–Crippen MR) is 74.2 cm³/mol. The van der Waals surface area contributed by atoms with Crippen LogP contribution in [0.4, 0.5) is 0 Å². The third-order valence-corrected chi connectivity index (χ3v) is 3.20. The van der Waals surface area contributed by atoms with Gasteiger partial charge in [0.05, 0.1) is 0 Å². The average molecular weight is 348 g/mol. The molecule has 5 unspecified atom stereocenters. The van der Waals surface area contributed by atoms with Crippen molar-refractivity contribution in [2.75, 3.05) is 0 Å². The van der Waals surface area contributed by atoms with Crippen LogP contribution in [0.25, 0.3) is 0 Å². The van der Waals surface area contributed by atoms with Crippen LogP contribution in [-0.2, 0) is 38.1 Å². The normalized spacial score (nSPS) is 32.4. The summed E-state index contributed by atoms with van der Waals surface area (Å²) in [7, 11) is 0. The maximum atomic E-state index is 11.3. The number of aliphatic hydroxyl groups excluding tert-OH is 2. The van der Waals surface area contributed by atoms with E-state index in [0.717, 1.165) is 27.7 Å². The lowest BCUT2D eigenvalue weighted by molar-refractivity contribution is -0.251. The van der Waals surface area contributed by atoms with E-state index in [0.29, 0.717) is 0 Å². The summed E-state index contributed by atoms with van der Waals surface area (Å²) in [6.07, 6.45) is -9.46. The summed E-state index contributed by atoms with van der Waals surface area (Å²) < 4.78 is 19.8. The van der Waals surface area contributed by atoms with Crippen molar-refractivity contribution >= 4 is 23.9 Å². The Labute approximate surface area is 137 Å². The first-order chi connectivity index (χ1) is 11.0. The van der Waals surface area contributed by atoms with E-state index in [4.69, 9.17) is 18.9 Å². The maximum Gasteiger partial charge on any atom is 0.303 e. The lowest BCUT2D eigenvalue weighted by atomic mass is 9.84. The highest BCUT2D eigenvalue weighted by molar-refractivity contribution is 5.69. The van der Waals surface area contributed by atoms with Gasteiger partial charge in [-0.05, 0) is 0 Å². The molecule has 1 saturated carbocycles. The number of aliphatic hydroxyl groups is 2. The van der Waals surface area contributed by atoms with E-state index < -0.39 is 60.5 Å². The van der Waals surface area contributed by atoms with Crippen molar-refractivity contribution in [2.45, 2.75) is 64.3 Å².